The van der Waals surface area contributed by atoms with Gasteiger partial charge in [-0.3, -0.25) is 4.79 Å². The van der Waals surface area contributed by atoms with E-state index in [9.17, 15) is 13.2 Å². The van der Waals surface area contributed by atoms with Crippen LogP contribution in [0.5, 0.6) is 0 Å². The molecule has 0 spiro atoms. The maximum atomic E-state index is 12.4. The SMILES string of the molecule is CCNS(=O)(=O)c1ccc(C(=O)NCc2ccccc2Cn2ccnc2)cc1. The van der Waals surface area contributed by atoms with Crippen molar-refractivity contribution in [2.45, 2.75) is 24.9 Å². The van der Waals surface area contributed by atoms with Gasteiger partial charge in [-0.05, 0) is 35.4 Å². The Kier molecular flexibility index (Phi) is 6.23. The summed E-state index contributed by atoms with van der Waals surface area (Å²) >= 11 is 0. The topological polar surface area (TPSA) is 93.1 Å². The van der Waals surface area contributed by atoms with Gasteiger partial charge in [-0.1, -0.05) is 31.2 Å². The molecule has 28 heavy (non-hydrogen) atoms. The van der Waals surface area contributed by atoms with Gasteiger partial charge in [0.15, 0.2) is 0 Å². The minimum Gasteiger partial charge on any atom is -0.348 e. The van der Waals surface area contributed by atoms with Gasteiger partial charge in [0.1, 0.15) is 0 Å². The van der Waals surface area contributed by atoms with Crippen molar-refractivity contribution in [3.63, 3.8) is 0 Å². The Bertz CT molecular complexity index is 1030. The number of carbonyl (C=O) groups excluding carboxylic acids is 1. The molecule has 0 aliphatic heterocycles. The number of nitrogens with one attached hydrogen (secondary N) is 2. The molecule has 0 radical (unpaired) electrons. The van der Waals surface area contributed by atoms with Crippen molar-refractivity contribution < 1.29 is 13.2 Å². The van der Waals surface area contributed by atoms with Gasteiger partial charge in [-0.15, -0.1) is 0 Å². The normalized spacial score (nSPS) is 11.3. The minimum atomic E-state index is -3.53. The monoisotopic (exact) mass is 398 g/mol. The number of rotatable bonds is 8. The summed E-state index contributed by atoms with van der Waals surface area (Å²) in [4.78, 5) is 16.6. The summed E-state index contributed by atoms with van der Waals surface area (Å²) in [5.41, 5.74) is 2.51. The molecule has 1 heterocycles. The van der Waals surface area contributed by atoms with E-state index in [4.69, 9.17) is 0 Å². The number of sulfonamides is 1. The zero-order valence-corrected chi connectivity index (χ0v) is 16.3. The number of hydrogen-bond donors (Lipinski definition) is 2. The molecule has 0 atom stereocenters. The highest BCUT2D eigenvalue weighted by Gasteiger charge is 2.14. The van der Waals surface area contributed by atoms with Crippen LogP contribution in [-0.4, -0.2) is 30.4 Å². The van der Waals surface area contributed by atoms with E-state index in [1.807, 2.05) is 35.0 Å². The van der Waals surface area contributed by atoms with Crippen molar-refractivity contribution in [3.8, 4) is 0 Å². The maximum Gasteiger partial charge on any atom is 0.251 e. The van der Waals surface area contributed by atoms with Gasteiger partial charge >= 0.3 is 0 Å². The number of amides is 1. The largest absolute Gasteiger partial charge is 0.348 e. The summed E-state index contributed by atoms with van der Waals surface area (Å²) in [5.74, 6) is -0.259. The van der Waals surface area contributed by atoms with Gasteiger partial charge < -0.3 is 9.88 Å². The van der Waals surface area contributed by atoms with Crippen LogP contribution in [-0.2, 0) is 23.1 Å². The molecule has 0 saturated carbocycles. The lowest BCUT2D eigenvalue weighted by Gasteiger charge is -2.12. The summed E-state index contributed by atoms with van der Waals surface area (Å²) < 4.78 is 28.3. The summed E-state index contributed by atoms with van der Waals surface area (Å²) in [6.07, 6.45) is 5.36. The average molecular weight is 398 g/mol. The van der Waals surface area contributed by atoms with E-state index in [0.29, 0.717) is 25.2 Å². The van der Waals surface area contributed by atoms with Crippen molar-refractivity contribution in [1.82, 2.24) is 19.6 Å². The summed E-state index contributed by atoms with van der Waals surface area (Å²) in [5, 5.41) is 2.89. The molecule has 1 amide bonds. The van der Waals surface area contributed by atoms with Crippen LogP contribution >= 0.6 is 0 Å². The zero-order chi connectivity index (χ0) is 20.0. The number of nitrogens with zero attached hydrogens (tertiary/aromatic N) is 2. The molecule has 0 unspecified atom stereocenters. The molecule has 146 valence electrons. The molecule has 8 heteroatoms. The molecule has 1 aromatic heterocycles. The number of imidazole rings is 1. The van der Waals surface area contributed by atoms with Crippen LogP contribution in [0.3, 0.4) is 0 Å². The van der Waals surface area contributed by atoms with E-state index < -0.39 is 10.0 Å². The molecule has 2 aromatic carbocycles. The van der Waals surface area contributed by atoms with Crippen LogP contribution < -0.4 is 10.0 Å². The highest BCUT2D eigenvalue weighted by molar-refractivity contribution is 7.89. The first-order chi connectivity index (χ1) is 13.5. The third kappa shape index (κ3) is 4.85. The van der Waals surface area contributed by atoms with Gasteiger partial charge in [0.05, 0.1) is 11.2 Å². The Balaban J connectivity index is 1.66. The van der Waals surface area contributed by atoms with Crippen molar-refractivity contribution in [3.05, 3.63) is 83.9 Å². The summed E-state index contributed by atoms with van der Waals surface area (Å²) in [7, 11) is -3.53. The lowest BCUT2D eigenvalue weighted by molar-refractivity contribution is 0.0950. The predicted octanol–water partition coefficient (Wildman–Crippen LogP) is 2.16. The first kappa shape index (κ1) is 19.8. The van der Waals surface area contributed by atoms with Crippen LogP contribution in [0.4, 0.5) is 0 Å². The molecule has 0 bridgehead atoms. The molecule has 0 fully saturated rings. The zero-order valence-electron chi connectivity index (χ0n) is 15.5. The van der Waals surface area contributed by atoms with Gasteiger partial charge in [-0.25, -0.2) is 18.1 Å². The van der Waals surface area contributed by atoms with E-state index in [1.54, 1.807) is 19.4 Å². The third-order valence-corrected chi connectivity index (χ3v) is 5.79. The second-order valence-corrected chi connectivity index (χ2v) is 7.98. The quantitative estimate of drug-likeness (QED) is 0.608. The van der Waals surface area contributed by atoms with Crippen molar-refractivity contribution in [2.24, 2.45) is 0 Å². The van der Waals surface area contributed by atoms with Crippen molar-refractivity contribution in [1.29, 1.82) is 0 Å². The lowest BCUT2D eigenvalue weighted by Crippen LogP contribution is -2.25. The molecular formula is C20H22N4O3S. The number of carbonyl (C=O) groups is 1. The Hall–Kier alpha value is -2.97. The fourth-order valence-corrected chi connectivity index (χ4v) is 3.84. The van der Waals surface area contributed by atoms with Crippen LogP contribution in [0.2, 0.25) is 0 Å². The van der Waals surface area contributed by atoms with Crippen LogP contribution in [0.1, 0.15) is 28.4 Å². The molecule has 3 rings (SSSR count). The Morgan fingerprint density at radius 2 is 1.79 bits per heavy atom. The molecular weight excluding hydrogens is 376 g/mol. The molecule has 2 N–H and O–H groups in total. The van der Waals surface area contributed by atoms with E-state index >= 15 is 0 Å². The first-order valence-corrected chi connectivity index (χ1v) is 10.4. The fraction of sp³-hybridized carbons (Fsp3) is 0.200. The molecule has 0 aliphatic rings. The molecule has 0 saturated heterocycles. The highest BCUT2D eigenvalue weighted by atomic mass is 32.2. The van der Waals surface area contributed by atoms with Crippen LogP contribution in [0.15, 0.2) is 72.1 Å². The predicted molar refractivity (Wildman–Crippen MR) is 106 cm³/mol. The second-order valence-electron chi connectivity index (χ2n) is 6.21. The van der Waals surface area contributed by atoms with Crippen LogP contribution in [0.25, 0.3) is 0 Å². The van der Waals surface area contributed by atoms with Gasteiger partial charge in [0.2, 0.25) is 10.0 Å². The van der Waals surface area contributed by atoms with E-state index in [-0.39, 0.29) is 10.8 Å². The maximum absolute atomic E-state index is 12.4. The smallest absolute Gasteiger partial charge is 0.251 e. The minimum absolute atomic E-state index is 0.136. The van der Waals surface area contributed by atoms with Gasteiger partial charge in [-0.2, -0.15) is 0 Å². The molecule has 0 aliphatic carbocycles. The van der Waals surface area contributed by atoms with E-state index in [1.165, 1.54) is 24.3 Å². The molecule has 3 aromatic rings. The second kappa shape index (κ2) is 8.81. The summed E-state index contributed by atoms with van der Waals surface area (Å²) in [6, 6.07) is 13.8. The number of aromatic nitrogens is 2. The van der Waals surface area contributed by atoms with E-state index in [0.717, 1.165) is 11.1 Å². The number of benzene rings is 2. The Morgan fingerprint density at radius 1 is 1.07 bits per heavy atom. The standard InChI is InChI=1S/C20H22N4O3S/c1-2-23-28(26,27)19-9-7-16(8-10-19)20(25)22-13-17-5-3-4-6-18(17)14-24-12-11-21-15-24/h3-12,15,23H,2,13-14H2,1H3,(H,22,25). The van der Waals surface area contributed by atoms with Crippen molar-refractivity contribution in [2.75, 3.05) is 6.54 Å². The van der Waals surface area contributed by atoms with Crippen LogP contribution in [0, 0.1) is 0 Å². The van der Waals surface area contributed by atoms with E-state index in [2.05, 4.69) is 15.0 Å². The lowest BCUT2D eigenvalue weighted by atomic mass is 10.1. The average Bonchev–Trinajstić information content (AvgIpc) is 3.20. The Morgan fingerprint density at radius 3 is 2.43 bits per heavy atom. The molecule has 7 nitrogen and oxygen atoms in total. The Labute approximate surface area is 164 Å². The third-order valence-electron chi connectivity index (χ3n) is 4.23. The number of hydrogen-bond acceptors (Lipinski definition) is 4. The highest BCUT2D eigenvalue weighted by Crippen LogP contribution is 2.13. The fourth-order valence-electron chi connectivity index (χ4n) is 2.80. The van der Waals surface area contributed by atoms with Crippen molar-refractivity contribution >= 4 is 15.9 Å². The van der Waals surface area contributed by atoms with Gasteiger partial charge in [0.25, 0.3) is 5.91 Å². The first-order valence-electron chi connectivity index (χ1n) is 8.90. The summed E-state index contributed by atoms with van der Waals surface area (Å²) in [6.45, 7) is 3.07. The van der Waals surface area contributed by atoms with Gasteiger partial charge in [0, 0.05) is 37.6 Å².